The minimum absolute atomic E-state index is 0.0702. The molecular formula is C31H45N3O6. The second-order valence-corrected chi connectivity index (χ2v) is 12.0. The Morgan fingerprint density at radius 2 is 1.55 bits per heavy atom. The summed E-state index contributed by atoms with van der Waals surface area (Å²) in [7, 11) is 0. The fourth-order valence-corrected chi connectivity index (χ4v) is 4.29. The Morgan fingerprint density at radius 1 is 0.950 bits per heavy atom. The van der Waals surface area contributed by atoms with E-state index in [0.29, 0.717) is 17.5 Å². The van der Waals surface area contributed by atoms with Gasteiger partial charge in [-0.3, -0.25) is 9.59 Å². The first-order chi connectivity index (χ1) is 18.5. The number of aromatic hydroxyl groups is 2. The average molecular weight is 556 g/mol. The predicted molar refractivity (Wildman–Crippen MR) is 155 cm³/mol. The first kappa shape index (κ1) is 32.5. The highest BCUT2D eigenvalue weighted by atomic mass is 16.6. The molecule has 0 saturated heterocycles. The lowest BCUT2D eigenvalue weighted by molar-refractivity contribution is -0.149. The van der Waals surface area contributed by atoms with Crippen molar-refractivity contribution in [1.82, 2.24) is 15.5 Å². The van der Waals surface area contributed by atoms with E-state index >= 15 is 0 Å². The number of alkyl carbamates (subject to hydrolysis) is 1. The zero-order chi connectivity index (χ0) is 30.4. The highest BCUT2D eigenvalue weighted by Gasteiger charge is 2.44. The minimum atomic E-state index is -1.19. The number of benzene rings is 2. The molecule has 2 aromatic rings. The molecule has 2 unspecified atom stereocenters. The first-order valence-electron chi connectivity index (χ1n) is 13.7. The van der Waals surface area contributed by atoms with Crippen LogP contribution in [0.4, 0.5) is 4.79 Å². The molecule has 40 heavy (non-hydrogen) atoms. The number of hydrogen-bond donors (Lipinski definition) is 4. The summed E-state index contributed by atoms with van der Waals surface area (Å²) in [5, 5.41) is 26.4. The van der Waals surface area contributed by atoms with E-state index in [2.05, 4.69) is 10.6 Å². The molecular weight excluding hydrogens is 510 g/mol. The molecule has 3 amide bonds. The highest BCUT2D eigenvalue weighted by Crippen LogP contribution is 2.37. The van der Waals surface area contributed by atoms with Crippen molar-refractivity contribution in [3.63, 3.8) is 0 Å². The second-order valence-electron chi connectivity index (χ2n) is 12.0. The van der Waals surface area contributed by atoms with Gasteiger partial charge >= 0.3 is 6.09 Å². The van der Waals surface area contributed by atoms with Crippen LogP contribution in [0.5, 0.6) is 11.5 Å². The third-order valence-electron chi connectivity index (χ3n) is 6.62. The van der Waals surface area contributed by atoms with Gasteiger partial charge in [0.25, 0.3) is 0 Å². The molecule has 2 aromatic carbocycles. The Bertz CT molecular complexity index is 1180. The van der Waals surface area contributed by atoms with Crippen LogP contribution in [0.2, 0.25) is 0 Å². The molecule has 0 aromatic heterocycles. The molecule has 0 aliphatic carbocycles. The summed E-state index contributed by atoms with van der Waals surface area (Å²) >= 11 is 0. The number of nitrogens with zero attached hydrogens (tertiary/aromatic N) is 1. The molecule has 0 aliphatic rings. The van der Waals surface area contributed by atoms with Gasteiger partial charge in [-0.15, -0.1) is 0 Å². The van der Waals surface area contributed by atoms with Crippen molar-refractivity contribution in [3.05, 3.63) is 59.2 Å². The van der Waals surface area contributed by atoms with Gasteiger partial charge in [0.05, 0.1) is 0 Å². The van der Waals surface area contributed by atoms with Crippen LogP contribution in [0.1, 0.15) is 84.5 Å². The van der Waals surface area contributed by atoms with E-state index < -0.39 is 41.1 Å². The third kappa shape index (κ3) is 8.63. The molecule has 4 N–H and O–H groups in total. The van der Waals surface area contributed by atoms with E-state index in [1.54, 1.807) is 58.0 Å². The third-order valence-corrected chi connectivity index (χ3v) is 6.62. The topological polar surface area (TPSA) is 128 Å². The average Bonchev–Trinajstić information content (AvgIpc) is 2.83. The number of aryl methyl sites for hydroxylation is 1. The Morgan fingerprint density at radius 3 is 2.08 bits per heavy atom. The number of para-hydroxylation sites is 1. The minimum Gasteiger partial charge on any atom is -0.508 e. The summed E-state index contributed by atoms with van der Waals surface area (Å²) in [5.74, 6) is -0.978. The number of hydrogen-bond acceptors (Lipinski definition) is 6. The summed E-state index contributed by atoms with van der Waals surface area (Å²) in [6.45, 7) is 16.1. The SMILES string of the molecule is CCC(C)(C)N(C(=O)C(Cc1ccc(O)cc1)NC(=O)OC(C)(C)C)C(C(=O)NC(C)C)c1cccc(C)c1O. The number of carbonyl (C=O) groups excluding carboxylic acids is 3. The van der Waals surface area contributed by atoms with Crippen LogP contribution in [-0.2, 0) is 20.7 Å². The molecule has 2 atom stereocenters. The fourth-order valence-electron chi connectivity index (χ4n) is 4.29. The molecule has 0 fully saturated rings. The second kappa shape index (κ2) is 13.1. The smallest absolute Gasteiger partial charge is 0.408 e. The van der Waals surface area contributed by atoms with Crippen LogP contribution < -0.4 is 10.6 Å². The van der Waals surface area contributed by atoms with Crippen LogP contribution in [-0.4, -0.2) is 56.2 Å². The van der Waals surface area contributed by atoms with Gasteiger partial charge in [0.1, 0.15) is 29.2 Å². The normalized spacial score (nSPS) is 13.3. The maximum atomic E-state index is 14.6. The number of carbonyl (C=O) groups is 3. The monoisotopic (exact) mass is 555 g/mol. The highest BCUT2D eigenvalue weighted by molar-refractivity contribution is 5.93. The molecule has 0 aliphatic heterocycles. The molecule has 220 valence electrons. The van der Waals surface area contributed by atoms with Crippen LogP contribution in [0, 0.1) is 6.92 Å². The van der Waals surface area contributed by atoms with Crippen molar-refractivity contribution >= 4 is 17.9 Å². The van der Waals surface area contributed by atoms with Crippen molar-refractivity contribution in [2.45, 2.75) is 104 Å². The maximum absolute atomic E-state index is 14.6. The van der Waals surface area contributed by atoms with Crippen molar-refractivity contribution < 1.29 is 29.3 Å². The Balaban J connectivity index is 2.71. The molecule has 9 nitrogen and oxygen atoms in total. The Hall–Kier alpha value is -3.75. The van der Waals surface area contributed by atoms with Crippen molar-refractivity contribution in [2.75, 3.05) is 0 Å². The van der Waals surface area contributed by atoms with E-state index in [9.17, 15) is 24.6 Å². The first-order valence-corrected chi connectivity index (χ1v) is 13.7. The maximum Gasteiger partial charge on any atom is 0.408 e. The van der Waals surface area contributed by atoms with E-state index in [-0.39, 0.29) is 29.5 Å². The van der Waals surface area contributed by atoms with Crippen LogP contribution in [0.3, 0.4) is 0 Å². The van der Waals surface area contributed by atoms with Crippen LogP contribution in [0.15, 0.2) is 42.5 Å². The lowest BCUT2D eigenvalue weighted by atomic mass is 9.90. The Labute approximate surface area is 237 Å². The van der Waals surface area contributed by atoms with Gasteiger partial charge in [0, 0.05) is 23.6 Å². The number of ether oxygens (including phenoxy) is 1. The lowest BCUT2D eigenvalue weighted by Gasteiger charge is -2.45. The molecule has 0 saturated carbocycles. The zero-order valence-corrected chi connectivity index (χ0v) is 25.2. The lowest BCUT2D eigenvalue weighted by Crippen LogP contribution is -2.60. The van der Waals surface area contributed by atoms with Gasteiger partial charge in [-0.25, -0.2) is 4.79 Å². The summed E-state index contributed by atoms with van der Waals surface area (Å²) in [6.07, 6.45) is -0.220. The number of phenolic OH excluding ortho intramolecular Hbond substituents is 2. The fraction of sp³-hybridized carbons (Fsp3) is 0.516. The van der Waals surface area contributed by atoms with Crippen molar-refractivity contribution in [2.24, 2.45) is 0 Å². The molecule has 0 heterocycles. The van der Waals surface area contributed by atoms with Gasteiger partial charge in [0.15, 0.2) is 0 Å². The quantitative estimate of drug-likeness (QED) is 0.322. The van der Waals surface area contributed by atoms with E-state index in [0.717, 1.165) is 0 Å². The van der Waals surface area contributed by atoms with Crippen LogP contribution >= 0.6 is 0 Å². The largest absolute Gasteiger partial charge is 0.508 e. The predicted octanol–water partition coefficient (Wildman–Crippen LogP) is 5.13. The van der Waals surface area contributed by atoms with Gasteiger partial charge in [-0.2, -0.15) is 0 Å². The van der Waals surface area contributed by atoms with Crippen molar-refractivity contribution in [1.29, 1.82) is 0 Å². The summed E-state index contributed by atoms with van der Waals surface area (Å²) in [5.41, 5.74) is -0.133. The number of nitrogens with one attached hydrogen (secondary N) is 2. The summed E-state index contributed by atoms with van der Waals surface area (Å²) in [6, 6.07) is 8.89. The number of phenols is 2. The van der Waals surface area contributed by atoms with Gasteiger partial charge in [-0.05, 0) is 85.1 Å². The number of rotatable bonds is 10. The van der Waals surface area contributed by atoms with E-state index in [1.165, 1.54) is 17.0 Å². The molecule has 9 heteroatoms. The van der Waals surface area contributed by atoms with E-state index in [1.807, 2.05) is 34.6 Å². The molecule has 2 rings (SSSR count). The summed E-state index contributed by atoms with van der Waals surface area (Å²) < 4.78 is 5.47. The van der Waals surface area contributed by atoms with Crippen molar-refractivity contribution in [3.8, 4) is 11.5 Å². The zero-order valence-electron chi connectivity index (χ0n) is 25.2. The number of amides is 3. The van der Waals surface area contributed by atoms with Gasteiger partial charge in [-0.1, -0.05) is 37.3 Å². The van der Waals surface area contributed by atoms with Gasteiger partial charge in [0.2, 0.25) is 11.8 Å². The Kier molecular flexibility index (Phi) is 10.6. The van der Waals surface area contributed by atoms with E-state index in [4.69, 9.17) is 4.74 Å². The standard InChI is InChI=1S/C31H45N3O6/c1-10-31(8,9)34(25(27(37)32-19(2)3)23-13-11-12-20(4)26(23)36)28(38)24(33-29(39)40-30(5,6)7)18-21-14-16-22(35)17-15-21/h11-17,19,24-25,35-36H,10,18H2,1-9H3,(H,32,37)(H,33,39). The molecule has 0 spiro atoms. The molecule has 0 radical (unpaired) electrons. The van der Waals surface area contributed by atoms with Crippen LogP contribution in [0.25, 0.3) is 0 Å². The summed E-state index contributed by atoms with van der Waals surface area (Å²) in [4.78, 5) is 42.7. The van der Waals surface area contributed by atoms with Gasteiger partial charge < -0.3 is 30.5 Å². The molecule has 0 bridgehead atoms.